The molecule has 0 saturated heterocycles. The number of hydrogen-bond donors (Lipinski definition) is 1. The van der Waals surface area contributed by atoms with Crippen molar-refractivity contribution in [2.24, 2.45) is 0 Å². The summed E-state index contributed by atoms with van der Waals surface area (Å²) in [6, 6.07) is 10.8. The number of benzene rings is 2. The van der Waals surface area contributed by atoms with E-state index >= 15 is 0 Å². The lowest BCUT2D eigenvalue weighted by Gasteiger charge is -2.18. The Balaban J connectivity index is 2.27. The molecule has 0 aliphatic carbocycles. The lowest BCUT2D eigenvalue weighted by molar-refractivity contribution is 0.411. The molecule has 0 amide bonds. The highest BCUT2D eigenvalue weighted by molar-refractivity contribution is 9.10. The van der Waals surface area contributed by atoms with Gasteiger partial charge in [0.1, 0.15) is 11.6 Å². The highest BCUT2D eigenvalue weighted by atomic mass is 79.9. The summed E-state index contributed by atoms with van der Waals surface area (Å²) in [7, 11) is 3.54. The van der Waals surface area contributed by atoms with E-state index in [1.807, 2.05) is 25.2 Å². The van der Waals surface area contributed by atoms with Crippen LogP contribution in [-0.2, 0) is 6.42 Å². The number of likely N-dealkylation sites (N-methyl/N-ethyl adjacent to an activating group) is 1. The van der Waals surface area contributed by atoms with E-state index in [-0.39, 0.29) is 11.9 Å². The summed E-state index contributed by atoms with van der Waals surface area (Å²) in [5, 5.41) is 3.27. The van der Waals surface area contributed by atoms with Gasteiger partial charge in [-0.2, -0.15) is 0 Å². The molecule has 5 heteroatoms. The second-order valence-electron chi connectivity index (χ2n) is 4.68. The molecule has 0 aliphatic heterocycles. The summed E-state index contributed by atoms with van der Waals surface area (Å²) in [5.41, 5.74) is 2.04. The van der Waals surface area contributed by atoms with Gasteiger partial charge in [-0.3, -0.25) is 0 Å². The first-order valence-electron chi connectivity index (χ1n) is 6.49. The molecule has 1 unspecified atom stereocenters. The average Bonchev–Trinajstić information content (AvgIpc) is 2.48. The molecule has 1 atom stereocenters. The van der Waals surface area contributed by atoms with E-state index in [1.165, 1.54) is 6.07 Å². The van der Waals surface area contributed by atoms with Crippen LogP contribution in [0.15, 0.2) is 45.3 Å². The minimum absolute atomic E-state index is 0.0882. The Morgan fingerprint density at radius 2 is 1.90 bits per heavy atom. The minimum atomic E-state index is -0.223. The van der Waals surface area contributed by atoms with Crippen LogP contribution in [0.25, 0.3) is 0 Å². The SMILES string of the molecule is CNC(Cc1cc(F)ccc1Br)c1ccc(OC)c(Br)c1. The predicted molar refractivity (Wildman–Crippen MR) is 90.3 cm³/mol. The lowest BCUT2D eigenvalue weighted by Crippen LogP contribution is -2.19. The Kier molecular flexibility index (Phi) is 5.79. The van der Waals surface area contributed by atoms with Crippen LogP contribution >= 0.6 is 31.9 Å². The van der Waals surface area contributed by atoms with Crippen molar-refractivity contribution < 1.29 is 9.13 Å². The van der Waals surface area contributed by atoms with Gasteiger partial charge in [0.15, 0.2) is 0 Å². The molecule has 2 rings (SSSR count). The van der Waals surface area contributed by atoms with Crippen molar-refractivity contribution in [2.75, 3.05) is 14.2 Å². The zero-order valence-electron chi connectivity index (χ0n) is 11.8. The fraction of sp³-hybridized carbons (Fsp3) is 0.250. The predicted octanol–water partition coefficient (Wildman–Crippen LogP) is 4.86. The standard InChI is InChI=1S/C16H16Br2FNO/c1-20-15(9-11-7-12(19)4-5-13(11)17)10-3-6-16(21-2)14(18)8-10/h3-8,15,20H,9H2,1-2H3. The molecule has 0 spiro atoms. The van der Waals surface area contributed by atoms with Crippen LogP contribution in [0.5, 0.6) is 5.75 Å². The molecular weight excluding hydrogens is 401 g/mol. The van der Waals surface area contributed by atoms with Gasteiger partial charge in [-0.25, -0.2) is 4.39 Å². The number of halogens is 3. The van der Waals surface area contributed by atoms with E-state index in [4.69, 9.17) is 4.74 Å². The monoisotopic (exact) mass is 415 g/mol. The molecule has 2 aromatic carbocycles. The zero-order valence-corrected chi connectivity index (χ0v) is 15.0. The molecule has 0 heterocycles. The Labute approximate surface area is 141 Å². The molecule has 112 valence electrons. The van der Waals surface area contributed by atoms with Gasteiger partial charge in [0.05, 0.1) is 11.6 Å². The average molecular weight is 417 g/mol. The van der Waals surface area contributed by atoms with Crippen molar-refractivity contribution in [1.29, 1.82) is 0 Å². The second-order valence-corrected chi connectivity index (χ2v) is 6.38. The van der Waals surface area contributed by atoms with Crippen molar-refractivity contribution in [3.05, 3.63) is 62.3 Å². The van der Waals surface area contributed by atoms with Crippen LogP contribution in [0.4, 0.5) is 4.39 Å². The Hall–Kier alpha value is -0.910. The van der Waals surface area contributed by atoms with Crippen LogP contribution < -0.4 is 10.1 Å². The summed E-state index contributed by atoms with van der Waals surface area (Å²) in [4.78, 5) is 0. The molecule has 2 nitrogen and oxygen atoms in total. The fourth-order valence-corrected chi connectivity index (χ4v) is 3.17. The summed E-state index contributed by atoms with van der Waals surface area (Å²) in [6.07, 6.45) is 0.688. The van der Waals surface area contributed by atoms with Crippen LogP contribution in [0.1, 0.15) is 17.2 Å². The van der Waals surface area contributed by atoms with Gasteiger partial charge in [0.2, 0.25) is 0 Å². The van der Waals surface area contributed by atoms with Gasteiger partial charge < -0.3 is 10.1 Å². The number of rotatable bonds is 5. The van der Waals surface area contributed by atoms with Crippen molar-refractivity contribution in [1.82, 2.24) is 5.32 Å². The van der Waals surface area contributed by atoms with E-state index in [0.29, 0.717) is 6.42 Å². The molecule has 0 radical (unpaired) electrons. The zero-order chi connectivity index (χ0) is 15.4. The van der Waals surface area contributed by atoms with Crippen LogP contribution in [0.3, 0.4) is 0 Å². The molecule has 0 bridgehead atoms. The molecule has 0 saturated carbocycles. The maximum atomic E-state index is 13.4. The van der Waals surface area contributed by atoms with E-state index in [1.54, 1.807) is 19.2 Å². The Morgan fingerprint density at radius 1 is 1.14 bits per heavy atom. The summed E-state index contributed by atoms with van der Waals surface area (Å²) < 4.78 is 20.5. The third-order valence-corrected chi connectivity index (χ3v) is 4.75. The summed E-state index contributed by atoms with van der Waals surface area (Å²) in [6.45, 7) is 0. The fourth-order valence-electron chi connectivity index (χ4n) is 2.21. The molecule has 1 N–H and O–H groups in total. The van der Waals surface area contributed by atoms with Crippen LogP contribution in [0.2, 0.25) is 0 Å². The normalized spacial score (nSPS) is 12.2. The van der Waals surface area contributed by atoms with Gasteiger partial charge in [0.25, 0.3) is 0 Å². The van der Waals surface area contributed by atoms with E-state index in [0.717, 1.165) is 25.8 Å². The number of hydrogen-bond acceptors (Lipinski definition) is 2. The largest absolute Gasteiger partial charge is 0.496 e. The number of methoxy groups -OCH3 is 1. The number of nitrogens with one attached hydrogen (secondary N) is 1. The maximum absolute atomic E-state index is 13.4. The lowest BCUT2D eigenvalue weighted by atomic mass is 9.99. The smallest absolute Gasteiger partial charge is 0.133 e. The van der Waals surface area contributed by atoms with Gasteiger partial charge in [0, 0.05) is 10.5 Å². The van der Waals surface area contributed by atoms with Crippen LogP contribution in [-0.4, -0.2) is 14.2 Å². The van der Waals surface area contributed by atoms with Crippen molar-refractivity contribution in [3.8, 4) is 5.75 Å². The van der Waals surface area contributed by atoms with E-state index in [2.05, 4.69) is 37.2 Å². The topological polar surface area (TPSA) is 21.3 Å². The van der Waals surface area contributed by atoms with Gasteiger partial charge in [-0.15, -0.1) is 0 Å². The van der Waals surface area contributed by atoms with E-state index < -0.39 is 0 Å². The third-order valence-electron chi connectivity index (χ3n) is 3.36. The van der Waals surface area contributed by atoms with Gasteiger partial charge in [-0.1, -0.05) is 22.0 Å². The highest BCUT2D eigenvalue weighted by Gasteiger charge is 2.14. The quantitative estimate of drug-likeness (QED) is 0.751. The van der Waals surface area contributed by atoms with Gasteiger partial charge >= 0.3 is 0 Å². The Bertz CT molecular complexity index is 634. The first kappa shape index (κ1) is 16.5. The molecule has 21 heavy (non-hydrogen) atoms. The molecule has 0 aliphatic rings. The second kappa shape index (κ2) is 7.38. The molecule has 0 fully saturated rings. The maximum Gasteiger partial charge on any atom is 0.133 e. The first-order chi connectivity index (χ1) is 10.0. The molecule has 0 aromatic heterocycles. The summed E-state index contributed by atoms with van der Waals surface area (Å²) >= 11 is 6.97. The van der Waals surface area contributed by atoms with Crippen molar-refractivity contribution in [3.63, 3.8) is 0 Å². The van der Waals surface area contributed by atoms with Crippen molar-refractivity contribution in [2.45, 2.75) is 12.5 Å². The molecule has 2 aromatic rings. The third kappa shape index (κ3) is 4.05. The summed E-state index contributed by atoms with van der Waals surface area (Å²) in [5.74, 6) is 0.569. The highest BCUT2D eigenvalue weighted by Crippen LogP contribution is 2.30. The minimum Gasteiger partial charge on any atom is -0.496 e. The first-order valence-corrected chi connectivity index (χ1v) is 8.08. The molecular formula is C16H16Br2FNO. The Morgan fingerprint density at radius 3 is 2.52 bits per heavy atom. The van der Waals surface area contributed by atoms with Crippen LogP contribution in [0, 0.1) is 5.82 Å². The van der Waals surface area contributed by atoms with Crippen molar-refractivity contribution >= 4 is 31.9 Å². The van der Waals surface area contributed by atoms with E-state index in [9.17, 15) is 4.39 Å². The van der Waals surface area contributed by atoms with Gasteiger partial charge in [-0.05, 0) is 70.9 Å². The number of ether oxygens (including phenoxy) is 1.